The third kappa shape index (κ3) is 2.89. The summed E-state index contributed by atoms with van der Waals surface area (Å²) in [6.07, 6.45) is 0.756. The summed E-state index contributed by atoms with van der Waals surface area (Å²) in [7, 11) is 0. The number of primary amides is 1. The van der Waals surface area contributed by atoms with Gasteiger partial charge >= 0.3 is 0 Å². The number of amides is 1. The fraction of sp³-hybridized carbons (Fsp3) is 0.348. The molecule has 0 atom stereocenters. The van der Waals surface area contributed by atoms with Crippen LogP contribution in [0.3, 0.4) is 0 Å². The SMILES string of the molecule is NC(=O)c1cc(F)c(-c2cccc3c2CCNC3)c2c1CC1=C2CC(F)(F)CC1. The van der Waals surface area contributed by atoms with Gasteiger partial charge in [0.2, 0.25) is 5.91 Å². The minimum atomic E-state index is -2.82. The Bertz CT molecular complexity index is 1090. The van der Waals surface area contributed by atoms with Crippen LogP contribution in [0.15, 0.2) is 29.8 Å². The first-order valence-electron chi connectivity index (χ1n) is 9.92. The first-order valence-corrected chi connectivity index (χ1v) is 9.92. The van der Waals surface area contributed by atoms with Crippen molar-refractivity contribution in [2.24, 2.45) is 5.73 Å². The standard InChI is InChI=1S/C23H21F3N2O/c24-19-9-17(22(27)29)16-8-12-4-6-23(25,26)10-18(12)20(16)21(19)15-3-1-2-13-11-28-7-5-14(13)15/h1-3,9,28H,4-8,10-11H2,(H2,27,29). The van der Waals surface area contributed by atoms with Gasteiger partial charge in [0.15, 0.2) is 0 Å². The van der Waals surface area contributed by atoms with E-state index in [9.17, 15) is 13.6 Å². The second-order valence-corrected chi connectivity index (χ2v) is 8.16. The van der Waals surface area contributed by atoms with E-state index in [4.69, 9.17) is 5.73 Å². The highest BCUT2D eigenvalue weighted by molar-refractivity contribution is 6.00. The average Bonchev–Trinajstić information content (AvgIpc) is 3.04. The summed E-state index contributed by atoms with van der Waals surface area (Å²) in [5.74, 6) is -4.12. The Morgan fingerprint density at radius 1 is 1.14 bits per heavy atom. The lowest BCUT2D eigenvalue weighted by atomic mass is 9.83. The molecule has 3 nitrogen and oxygen atoms in total. The van der Waals surface area contributed by atoms with Crippen molar-refractivity contribution in [3.05, 3.63) is 63.5 Å². The van der Waals surface area contributed by atoms with E-state index in [0.29, 0.717) is 35.2 Å². The molecule has 1 amide bonds. The van der Waals surface area contributed by atoms with Crippen molar-refractivity contribution < 1.29 is 18.0 Å². The highest BCUT2D eigenvalue weighted by Gasteiger charge is 2.41. The minimum Gasteiger partial charge on any atom is -0.366 e. The van der Waals surface area contributed by atoms with E-state index in [1.165, 1.54) is 6.07 Å². The molecule has 2 aliphatic carbocycles. The van der Waals surface area contributed by atoms with Crippen molar-refractivity contribution in [2.75, 3.05) is 6.54 Å². The summed E-state index contributed by atoms with van der Waals surface area (Å²) < 4.78 is 44.0. The Hall–Kier alpha value is -2.60. The first-order chi connectivity index (χ1) is 13.9. The maximum atomic E-state index is 15.4. The van der Waals surface area contributed by atoms with Crippen LogP contribution < -0.4 is 11.1 Å². The topological polar surface area (TPSA) is 55.1 Å². The number of halogens is 3. The monoisotopic (exact) mass is 398 g/mol. The molecular formula is C23H21F3N2O. The lowest BCUT2D eigenvalue weighted by Crippen LogP contribution is -2.24. The summed E-state index contributed by atoms with van der Waals surface area (Å²) in [6, 6.07) is 6.91. The van der Waals surface area contributed by atoms with Crippen LogP contribution in [-0.2, 0) is 19.4 Å². The smallest absolute Gasteiger partial charge is 0.252 e. The lowest BCUT2D eigenvalue weighted by Gasteiger charge is -2.26. The van der Waals surface area contributed by atoms with Gasteiger partial charge in [0, 0.05) is 30.5 Å². The quantitative estimate of drug-likeness (QED) is 0.790. The van der Waals surface area contributed by atoms with E-state index in [0.717, 1.165) is 35.2 Å². The van der Waals surface area contributed by atoms with Crippen LogP contribution in [-0.4, -0.2) is 18.4 Å². The largest absolute Gasteiger partial charge is 0.366 e. The summed E-state index contributed by atoms with van der Waals surface area (Å²) in [5.41, 5.74) is 11.3. The normalized spacial score (nSPS) is 19.6. The van der Waals surface area contributed by atoms with E-state index in [-0.39, 0.29) is 18.4 Å². The molecule has 0 fully saturated rings. The molecule has 6 heteroatoms. The molecule has 1 aliphatic heterocycles. The molecule has 150 valence electrons. The number of benzene rings is 2. The van der Waals surface area contributed by atoms with Crippen LogP contribution in [0.5, 0.6) is 0 Å². The highest BCUT2D eigenvalue weighted by Crippen LogP contribution is 2.51. The van der Waals surface area contributed by atoms with Gasteiger partial charge in [-0.3, -0.25) is 4.79 Å². The van der Waals surface area contributed by atoms with Crippen LogP contribution in [0.1, 0.15) is 51.9 Å². The van der Waals surface area contributed by atoms with Crippen molar-refractivity contribution in [3.63, 3.8) is 0 Å². The van der Waals surface area contributed by atoms with Gasteiger partial charge in [0.1, 0.15) is 5.82 Å². The number of nitrogens with one attached hydrogen (secondary N) is 1. The molecule has 0 bridgehead atoms. The van der Waals surface area contributed by atoms with E-state index in [1.54, 1.807) is 0 Å². The Morgan fingerprint density at radius 3 is 2.76 bits per heavy atom. The van der Waals surface area contributed by atoms with Gasteiger partial charge < -0.3 is 11.1 Å². The van der Waals surface area contributed by atoms with Crippen molar-refractivity contribution in [2.45, 2.75) is 44.6 Å². The number of allylic oxidation sites excluding steroid dienone is 2. The van der Waals surface area contributed by atoms with Crippen LogP contribution >= 0.6 is 0 Å². The van der Waals surface area contributed by atoms with E-state index in [1.807, 2.05) is 18.2 Å². The summed E-state index contributed by atoms with van der Waals surface area (Å²) >= 11 is 0. The van der Waals surface area contributed by atoms with Gasteiger partial charge in [-0.2, -0.15) is 0 Å². The predicted molar refractivity (Wildman–Crippen MR) is 105 cm³/mol. The molecule has 29 heavy (non-hydrogen) atoms. The predicted octanol–water partition coefficient (Wildman–Crippen LogP) is 4.37. The second-order valence-electron chi connectivity index (χ2n) is 8.16. The molecule has 3 aliphatic rings. The first kappa shape index (κ1) is 18.4. The van der Waals surface area contributed by atoms with Gasteiger partial charge in [0.25, 0.3) is 5.92 Å². The van der Waals surface area contributed by atoms with Crippen LogP contribution in [0, 0.1) is 5.82 Å². The number of fused-ring (bicyclic) bond motifs is 3. The van der Waals surface area contributed by atoms with Crippen LogP contribution in [0.2, 0.25) is 0 Å². The third-order valence-electron chi connectivity index (χ3n) is 6.41. The van der Waals surface area contributed by atoms with E-state index < -0.39 is 24.1 Å². The molecule has 1 heterocycles. The number of alkyl halides is 2. The number of hydrogen-bond acceptors (Lipinski definition) is 2. The highest BCUT2D eigenvalue weighted by atomic mass is 19.3. The zero-order valence-electron chi connectivity index (χ0n) is 15.9. The molecule has 2 aromatic carbocycles. The fourth-order valence-corrected chi connectivity index (χ4v) is 5.09. The molecule has 0 saturated carbocycles. The summed E-state index contributed by atoms with van der Waals surface area (Å²) in [4.78, 5) is 12.0. The van der Waals surface area contributed by atoms with Gasteiger partial charge in [-0.25, -0.2) is 13.2 Å². The van der Waals surface area contributed by atoms with Crippen LogP contribution in [0.4, 0.5) is 13.2 Å². The molecule has 0 unspecified atom stereocenters. The zero-order chi connectivity index (χ0) is 20.3. The van der Waals surface area contributed by atoms with Crippen molar-refractivity contribution in [1.82, 2.24) is 5.32 Å². The summed E-state index contributed by atoms with van der Waals surface area (Å²) in [6.45, 7) is 1.47. The third-order valence-corrected chi connectivity index (χ3v) is 6.41. The fourth-order valence-electron chi connectivity index (χ4n) is 5.09. The van der Waals surface area contributed by atoms with Gasteiger partial charge in [-0.05, 0) is 65.3 Å². The molecular weight excluding hydrogens is 377 g/mol. The molecule has 0 radical (unpaired) electrons. The van der Waals surface area contributed by atoms with Gasteiger partial charge in [-0.15, -0.1) is 0 Å². The van der Waals surface area contributed by atoms with Gasteiger partial charge in [0.05, 0.1) is 0 Å². The number of carbonyl (C=O) groups is 1. The molecule has 0 saturated heterocycles. The Labute approximate surface area is 166 Å². The van der Waals surface area contributed by atoms with Crippen molar-refractivity contribution in [1.29, 1.82) is 0 Å². The number of carbonyl (C=O) groups excluding carboxylic acids is 1. The van der Waals surface area contributed by atoms with Gasteiger partial charge in [-0.1, -0.05) is 23.8 Å². The zero-order valence-corrected chi connectivity index (χ0v) is 15.9. The van der Waals surface area contributed by atoms with E-state index in [2.05, 4.69) is 5.32 Å². The Morgan fingerprint density at radius 2 is 1.97 bits per heavy atom. The number of hydrogen-bond donors (Lipinski definition) is 2. The van der Waals surface area contributed by atoms with Crippen molar-refractivity contribution in [3.8, 4) is 11.1 Å². The lowest BCUT2D eigenvalue weighted by molar-refractivity contribution is -0.00546. The maximum Gasteiger partial charge on any atom is 0.252 e. The molecule has 0 aromatic heterocycles. The number of rotatable bonds is 2. The second kappa shape index (κ2) is 6.46. The number of nitrogens with two attached hydrogens (primary N) is 1. The Balaban J connectivity index is 1.80. The van der Waals surface area contributed by atoms with Crippen LogP contribution in [0.25, 0.3) is 16.7 Å². The molecule has 3 N–H and O–H groups in total. The average molecular weight is 398 g/mol. The van der Waals surface area contributed by atoms with Crippen molar-refractivity contribution >= 4 is 11.5 Å². The Kier molecular flexibility index (Phi) is 4.10. The molecule has 2 aromatic rings. The minimum absolute atomic E-state index is 0.102. The van der Waals surface area contributed by atoms with E-state index >= 15 is 4.39 Å². The maximum absolute atomic E-state index is 15.4. The summed E-state index contributed by atoms with van der Waals surface area (Å²) in [5, 5.41) is 3.30. The molecule has 5 rings (SSSR count). The molecule has 0 spiro atoms.